The summed E-state index contributed by atoms with van der Waals surface area (Å²) >= 11 is 0. The average molecular weight is 306 g/mol. The Hall–Kier alpha value is -1.85. The fourth-order valence-electron chi connectivity index (χ4n) is 4.36. The summed E-state index contributed by atoms with van der Waals surface area (Å²) < 4.78 is 16.1. The highest BCUT2D eigenvalue weighted by Gasteiger charge is 2.63. The number of hydrogen-bond acceptors (Lipinski definition) is 6. The molecule has 1 saturated heterocycles. The lowest BCUT2D eigenvalue weighted by Gasteiger charge is -2.34. The van der Waals surface area contributed by atoms with Gasteiger partial charge in [-0.3, -0.25) is 9.59 Å². The number of rotatable bonds is 4. The van der Waals surface area contributed by atoms with Crippen molar-refractivity contribution in [2.45, 2.75) is 44.0 Å². The van der Waals surface area contributed by atoms with E-state index in [4.69, 9.17) is 14.2 Å². The molecule has 0 amide bonds. The highest BCUT2D eigenvalue weighted by molar-refractivity contribution is 5.82. The van der Waals surface area contributed by atoms with E-state index in [1.807, 2.05) is 0 Å². The van der Waals surface area contributed by atoms with Crippen LogP contribution in [0.15, 0.2) is 12.7 Å². The maximum absolute atomic E-state index is 12.2. The van der Waals surface area contributed by atoms with Gasteiger partial charge in [0.15, 0.2) is 0 Å². The van der Waals surface area contributed by atoms with Gasteiger partial charge in [-0.2, -0.15) is 0 Å². The van der Waals surface area contributed by atoms with Crippen LogP contribution in [0.3, 0.4) is 0 Å². The van der Waals surface area contributed by atoms with Crippen molar-refractivity contribution in [2.75, 3.05) is 0 Å². The van der Waals surface area contributed by atoms with Gasteiger partial charge in [0.1, 0.15) is 18.3 Å². The number of carbonyl (C=O) groups is 3. The molecule has 0 spiro atoms. The van der Waals surface area contributed by atoms with E-state index in [1.165, 1.54) is 0 Å². The highest BCUT2D eigenvalue weighted by atomic mass is 16.6. The normalized spacial score (nSPS) is 44.2. The summed E-state index contributed by atoms with van der Waals surface area (Å²) in [5.74, 6) is -0.568. The van der Waals surface area contributed by atoms with Crippen LogP contribution in [-0.2, 0) is 28.6 Å². The first-order valence-corrected chi connectivity index (χ1v) is 7.81. The standard InChI is InChI=1S/C16H18O6/c1-2-12(17)20-9-3-8(4-9)15(18)21-13-7-5-10-11(6-7)16(19)22-14(10)13/h2,7-11,13-14H,1,3-6H2. The minimum atomic E-state index is -0.464. The summed E-state index contributed by atoms with van der Waals surface area (Å²) in [4.78, 5) is 34.9. The number of esters is 3. The quantitative estimate of drug-likeness (QED) is 0.438. The molecule has 0 N–H and O–H groups in total. The smallest absolute Gasteiger partial charge is 0.330 e. The first-order chi connectivity index (χ1) is 10.6. The minimum absolute atomic E-state index is 0.0244. The van der Waals surface area contributed by atoms with Crippen molar-refractivity contribution in [3.05, 3.63) is 12.7 Å². The molecule has 1 aliphatic heterocycles. The molecule has 0 aromatic rings. The lowest BCUT2D eigenvalue weighted by molar-refractivity contribution is -0.175. The van der Waals surface area contributed by atoms with Gasteiger partial charge in [-0.1, -0.05) is 6.58 Å². The fraction of sp³-hybridized carbons (Fsp3) is 0.688. The van der Waals surface area contributed by atoms with E-state index in [9.17, 15) is 14.4 Å². The summed E-state index contributed by atoms with van der Waals surface area (Å²) in [5, 5.41) is 0. The second kappa shape index (κ2) is 4.83. The molecule has 5 unspecified atom stereocenters. The van der Waals surface area contributed by atoms with Crippen molar-refractivity contribution in [1.82, 2.24) is 0 Å². The van der Waals surface area contributed by atoms with E-state index in [0.717, 1.165) is 18.9 Å². The lowest BCUT2D eigenvalue weighted by atomic mass is 9.82. The first kappa shape index (κ1) is 13.8. The molecular formula is C16H18O6. The Kier molecular flexibility index (Phi) is 3.03. The SMILES string of the molecule is C=CC(=O)OC1CC(C(=O)OC2C3CC4C(=O)OC2C4C3)C1. The molecule has 6 nitrogen and oxygen atoms in total. The zero-order chi connectivity index (χ0) is 15.4. The van der Waals surface area contributed by atoms with Crippen molar-refractivity contribution in [3.63, 3.8) is 0 Å². The van der Waals surface area contributed by atoms with Gasteiger partial charge >= 0.3 is 17.9 Å². The van der Waals surface area contributed by atoms with Crippen LogP contribution in [0, 0.1) is 23.7 Å². The van der Waals surface area contributed by atoms with Crippen molar-refractivity contribution in [2.24, 2.45) is 23.7 Å². The topological polar surface area (TPSA) is 78.9 Å². The van der Waals surface area contributed by atoms with Crippen LogP contribution in [-0.4, -0.2) is 36.2 Å². The summed E-state index contributed by atoms with van der Waals surface area (Å²) in [5.41, 5.74) is 0. The second-order valence-corrected chi connectivity index (χ2v) is 6.74. The summed E-state index contributed by atoms with van der Waals surface area (Å²) in [6.45, 7) is 3.34. The maximum atomic E-state index is 12.2. The van der Waals surface area contributed by atoms with Crippen molar-refractivity contribution in [1.29, 1.82) is 0 Å². The Morgan fingerprint density at radius 1 is 1.18 bits per heavy atom. The maximum Gasteiger partial charge on any atom is 0.330 e. The Labute approximate surface area is 127 Å². The molecule has 118 valence electrons. The molecule has 22 heavy (non-hydrogen) atoms. The molecule has 0 aromatic carbocycles. The van der Waals surface area contributed by atoms with E-state index in [2.05, 4.69) is 6.58 Å². The van der Waals surface area contributed by atoms with Crippen LogP contribution in [0.1, 0.15) is 25.7 Å². The predicted molar refractivity (Wildman–Crippen MR) is 72.3 cm³/mol. The summed E-state index contributed by atoms with van der Waals surface area (Å²) in [6.07, 6.45) is 3.05. The van der Waals surface area contributed by atoms with Crippen molar-refractivity contribution in [3.8, 4) is 0 Å². The Bertz CT molecular complexity index is 549. The molecule has 5 atom stereocenters. The molecule has 4 rings (SSSR count). The molecule has 4 aliphatic rings. The van der Waals surface area contributed by atoms with Crippen LogP contribution < -0.4 is 0 Å². The highest BCUT2D eigenvalue weighted by Crippen LogP contribution is 2.55. The second-order valence-electron chi connectivity index (χ2n) is 6.74. The molecule has 3 saturated carbocycles. The zero-order valence-corrected chi connectivity index (χ0v) is 12.1. The Morgan fingerprint density at radius 3 is 2.68 bits per heavy atom. The zero-order valence-electron chi connectivity index (χ0n) is 12.1. The molecule has 0 radical (unpaired) electrons. The van der Waals surface area contributed by atoms with Gasteiger partial charge in [-0.15, -0.1) is 0 Å². The average Bonchev–Trinajstić information content (AvgIpc) is 3.06. The van der Waals surface area contributed by atoms with Gasteiger partial charge in [0.25, 0.3) is 0 Å². The third kappa shape index (κ3) is 1.96. The molecule has 0 aromatic heterocycles. The van der Waals surface area contributed by atoms with Gasteiger partial charge in [-0.25, -0.2) is 4.79 Å². The van der Waals surface area contributed by atoms with Crippen LogP contribution in [0.5, 0.6) is 0 Å². The molecule has 1 heterocycles. The number of ether oxygens (including phenoxy) is 3. The van der Waals surface area contributed by atoms with Gasteiger partial charge < -0.3 is 14.2 Å². The third-order valence-corrected chi connectivity index (χ3v) is 5.54. The lowest BCUT2D eigenvalue weighted by Crippen LogP contribution is -2.42. The Balaban J connectivity index is 1.30. The van der Waals surface area contributed by atoms with Crippen LogP contribution in [0.4, 0.5) is 0 Å². The van der Waals surface area contributed by atoms with Crippen molar-refractivity contribution < 1.29 is 28.6 Å². The van der Waals surface area contributed by atoms with E-state index < -0.39 is 5.97 Å². The number of fused-ring (bicyclic) bond motifs is 1. The molecule has 3 aliphatic carbocycles. The van der Waals surface area contributed by atoms with E-state index in [-0.39, 0.29) is 53.9 Å². The van der Waals surface area contributed by atoms with E-state index in [1.54, 1.807) is 0 Å². The van der Waals surface area contributed by atoms with E-state index in [0.29, 0.717) is 12.8 Å². The van der Waals surface area contributed by atoms with Gasteiger partial charge in [0.2, 0.25) is 0 Å². The number of hydrogen-bond donors (Lipinski definition) is 0. The molecule has 4 fully saturated rings. The molecular weight excluding hydrogens is 288 g/mol. The van der Waals surface area contributed by atoms with Crippen molar-refractivity contribution >= 4 is 17.9 Å². The number of carbonyl (C=O) groups excluding carboxylic acids is 3. The largest absolute Gasteiger partial charge is 0.459 e. The summed E-state index contributed by atoms with van der Waals surface area (Å²) in [7, 11) is 0. The predicted octanol–water partition coefficient (Wildman–Crippen LogP) is 0.987. The fourth-order valence-corrected chi connectivity index (χ4v) is 4.36. The Morgan fingerprint density at radius 2 is 1.95 bits per heavy atom. The van der Waals surface area contributed by atoms with Crippen LogP contribution in [0.2, 0.25) is 0 Å². The molecule has 2 bridgehead atoms. The monoisotopic (exact) mass is 306 g/mol. The first-order valence-electron chi connectivity index (χ1n) is 7.81. The van der Waals surface area contributed by atoms with Gasteiger partial charge in [0, 0.05) is 17.9 Å². The summed E-state index contributed by atoms with van der Waals surface area (Å²) in [6, 6.07) is 0. The van der Waals surface area contributed by atoms with E-state index >= 15 is 0 Å². The molecule has 6 heteroatoms. The van der Waals surface area contributed by atoms with Gasteiger partial charge in [-0.05, 0) is 25.7 Å². The minimum Gasteiger partial charge on any atom is -0.459 e. The van der Waals surface area contributed by atoms with Crippen LogP contribution in [0.25, 0.3) is 0 Å². The van der Waals surface area contributed by atoms with Crippen LogP contribution >= 0.6 is 0 Å². The van der Waals surface area contributed by atoms with Gasteiger partial charge in [0.05, 0.1) is 11.8 Å². The third-order valence-electron chi connectivity index (χ3n) is 5.54.